The number of furan rings is 1. The van der Waals surface area contributed by atoms with Gasteiger partial charge in [0.05, 0.1) is 6.54 Å². The van der Waals surface area contributed by atoms with Crippen LogP contribution in [0, 0.1) is 13.8 Å². The van der Waals surface area contributed by atoms with E-state index in [-0.39, 0.29) is 19.1 Å². The fourth-order valence-electron chi connectivity index (χ4n) is 2.34. The molecule has 0 saturated heterocycles. The minimum Gasteiger partial charge on any atom is -0.451 e. The van der Waals surface area contributed by atoms with E-state index in [9.17, 15) is 4.79 Å². The molecule has 0 radical (unpaired) electrons. The highest BCUT2D eigenvalue weighted by Gasteiger charge is 2.18. The Labute approximate surface area is 132 Å². The van der Waals surface area contributed by atoms with Crippen molar-refractivity contribution in [2.24, 2.45) is 0 Å². The molecule has 0 fully saturated rings. The van der Waals surface area contributed by atoms with Gasteiger partial charge in [-0.2, -0.15) is 4.98 Å². The zero-order chi connectivity index (χ0) is 16.4. The van der Waals surface area contributed by atoms with E-state index in [4.69, 9.17) is 13.7 Å². The second-order valence-electron chi connectivity index (χ2n) is 5.28. The van der Waals surface area contributed by atoms with Crippen LogP contribution in [0.5, 0.6) is 0 Å². The first-order valence-electron chi connectivity index (χ1n) is 7.17. The van der Waals surface area contributed by atoms with Crippen LogP contribution in [0.25, 0.3) is 11.0 Å². The molecule has 0 aliphatic carbocycles. The highest BCUT2D eigenvalue weighted by atomic mass is 16.5. The number of rotatable bonds is 5. The number of nitrogens with one attached hydrogen (secondary N) is 1. The van der Waals surface area contributed by atoms with E-state index in [1.54, 1.807) is 7.11 Å². The number of carbonyl (C=O) groups is 1. The van der Waals surface area contributed by atoms with Gasteiger partial charge in [0.25, 0.3) is 5.91 Å². The van der Waals surface area contributed by atoms with Crippen LogP contribution in [0.4, 0.5) is 0 Å². The first-order chi connectivity index (χ1) is 11.1. The molecule has 2 heterocycles. The highest BCUT2D eigenvalue weighted by molar-refractivity contribution is 5.98. The minimum atomic E-state index is -0.317. The van der Waals surface area contributed by atoms with Crippen molar-refractivity contribution in [1.82, 2.24) is 15.5 Å². The molecule has 23 heavy (non-hydrogen) atoms. The first kappa shape index (κ1) is 15.2. The number of hydrogen-bond donors (Lipinski definition) is 1. The number of amides is 1. The second-order valence-corrected chi connectivity index (χ2v) is 5.28. The first-order valence-corrected chi connectivity index (χ1v) is 7.17. The van der Waals surface area contributed by atoms with Gasteiger partial charge >= 0.3 is 0 Å². The average molecular weight is 315 g/mol. The molecule has 2 aromatic heterocycles. The van der Waals surface area contributed by atoms with Gasteiger partial charge in [-0.05, 0) is 25.5 Å². The lowest BCUT2D eigenvalue weighted by atomic mass is 10.1. The van der Waals surface area contributed by atoms with Gasteiger partial charge < -0.3 is 19.0 Å². The van der Waals surface area contributed by atoms with Crippen LogP contribution < -0.4 is 5.32 Å². The highest BCUT2D eigenvalue weighted by Crippen LogP contribution is 2.26. The van der Waals surface area contributed by atoms with Crippen molar-refractivity contribution < 1.29 is 18.5 Å². The van der Waals surface area contributed by atoms with Crippen LogP contribution in [0.15, 0.2) is 27.1 Å². The summed E-state index contributed by atoms with van der Waals surface area (Å²) in [5, 5.41) is 7.38. The maximum absolute atomic E-state index is 12.3. The van der Waals surface area contributed by atoms with Crippen LogP contribution in [0.3, 0.4) is 0 Å². The number of methoxy groups -OCH3 is 1. The Bertz CT molecular complexity index is 850. The van der Waals surface area contributed by atoms with Gasteiger partial charge in [0, 0.05) is 18.1 Å². The molecule has 0 aliphatic rings. The van der Waals surface area contributed by atoms with Crippen molar-refractivity contribution in [3.63, 3.8) is 0 Å². The molecule has 7 nitrogen and oxygen atoms in total. The number of nitrogens with zero attached hydrogens (tertiary/aromatic N) is 2. The summed E-state index contributed by atoms with van der Waals surface area (Å²) in [4.78, 5) is 16.4. The van der Waals surface area contributed by atoms with Gasteiger partial charge in [0.15, 0.2) is 11.6 Å². The van der Waals surface area contributed by atoms with E-state index < -0.39 is 0 Å². The normalized spacial score (nSPS) is 11.1. The molecule has 3 rings (SSSR count). The van der Waals surface area contributed by atoms with E-state index >= 15 is 0 Å². The second kappa shape index (κ2) is 6.21. The van der Waals surface area contributed by atoms with Crippen LogP contribution in [-0.2, 0) is 17.9 Å². The number of carbonyl (C=O) groups excluding carboxylic acids is 1. The molecule has 1 amide bonds. The van der Waals surface area contributed by atoms with Crippen molar-refractivity contribution >= 4 is 16.9 Å². The lowest BCUT2D eigenvalue weighted by Crippen LogP contribution is -2.23. The molecule has 0 spiro atoms. The fourth-order valence-corrected chi connectivity index (χ4v) is 2.34. The summed E-state index contributed by atoms with van der Waals surface area (Å²) in [7, 11) is 1.55. The molecule has 0 atom stereocenters. The maximum atomic E-state index is 12.3. The Hall–Kier alpha value is -2.67. The van der Waals surface area contributed by atoms with E-state index in [1.807, 2.05) is 32.0 Å². The molecule has 1 aromatic carbocycles. The maximum Gasteiger partial charge on any atom is 0.287 e. The smallest absolute Gasteiger partial charge is 0.287 e. The van der Waals surface area contributed by atoms with E-state index in [1.165, 1.54) is 0 Å². The van der Waals surface area contributed by atoms with Crippen molar-refractivity contribution in [2.45, 2.75) is 27.0 Å². The van der Waals surface area contributed by atoms with Gasteiger partial charge in [0.1, 0.15) is 12.2 Å². The third-order valence-corrected chi connectivity index (χ3v) is 3.48. The van der Waals surface area contributed by atoms with Gasteiger partial charge in [-0.15, -0.1) is 0 Å². The Morgan fingerprint density at radius 1 is 1.35 bits per heavy atom. The largest absolute Gasteiger partial charge is 0.451 e. The molecule has 0 unspecified atom stereocenters. The lowest BCUT2D eigenvalue weighted by Gasteiger charge is -1.99. The summed E-state index contributed by atoms with van der Waals surface area (Å²) < 4.78 is 15.6. The molecule has 120 valence electrons. The summed E-state index contributed by atoms with van der Waals surface area (Å²) in [6.07, 6.45) is 0. The predicted octanol–water partition coefficient (Wildman–Crippen LogP) is 2.51. The third-order valence-electron chi connectivity index (χ3n) is 3.48. The molecular formula is C16H17N3O4. The molecule has 0 aliphatic heterocycles. The van der Waals surface area contributed by atoms with Crippen molar-refractivity contribution in [3.8, 4) is 0 Å². The van der Waals surface area contributed by atoms with Gasteiger partial charge in [-0.25, -0.2) is 0 Å². The molecule has 1 N–H and O–H groups in total. The lowest BCUT2D eigenvalue weighted by molar-refractivity contribution is 0.0919. The topological polar surface area (TPSA) is 90.4 Å². The van der Waals surface area contributed by atoms with Crippen molar-refractivity contribution in [1.29, 1.82) is 0 Å². The SMILES string of the molecule is COCc1noc(CNC(=O)c2oc3cc(C)ccc3c2C)n1. The van der Waals surface area contributed by atoms with Crippen LogP contribution in [0.1, 0.15) is 33.4 Å². The van der Waals surface area contributed by atoms with Gasteiger partial charge in [0.2, 0.25) is 5.89 Å². The van der Waals surface area contributed by atoms with Gasteiger partial charge in [-0.3, -0.25) is 4.79 Å². The number of ether oxygens (including phenoxy) is 1. The third kappa shape index (κ3) is 3.09. The summed E-state index contributed by atoms with van der Waals surface area (Å²) in [5.74, 6) is 0.729. The number of aryl methyl sites for hydroxylation is 2. The van der Waals surface area contributed by atoms with Crippen LogP contribution >= 0.6 is 0 Å². The van der Waals surface area contributed by atoms with Gasteiger partial charge in [-0.1, -0.05) is 17.3 Å². The monoisotopic (exact) mass is 315 g/mol. The fraction of sp³-hybridized carbons (Fsp3) is 0.312. The average Bonchev–Trinajstić information content (AvgIpc) is 3.10. The Kier molecular flexibility index (Phi) is 4.12. The van der Waals surface area contributed by atoms with Crippen LogP contribution in [-0.4, -0.2) is 23.2 Å². The summed E-state index contributed by atoms with van der Waals surface area (Å²) in [5.41, 5.74) is 2.59. The summed E-state index contributed by atoms with van der Waals surface area (Å²) in [6.45, 7) is 4.23. The Balaban J connectivity index is 1.74. The molecule has 3 aromatic rings. The van der Waals surface area contributed by atoms with E-state index in [0.29, 0.717) is 23.1 Å². The number of aromatic nitrogens is 2. The predicted molar refractivity (Wildman–Crippen MR) is 81.9 cm³/mol. The Morgan fingerprint density at radius 2 is 2.17 bits per heavy atom. The standard InChI is InChI=1S/C16H17N3O4/c1-9-4-5-11-10(2)15(22-12(11)6-9)16(20)17-7-14-18-13(8-21-3)19-23-14/h4-6H,7-8H2,1-3H3,(H,17,20). The zero-order valence-corrected chi connectivity index (χ0v) is 13.2. The van der Waals surface area contributed by atoms with E-state index in [2.05, 4.69) is 15.5 Å². The number of hydrogen-bond acceptors (Lipinski definition) is 6. The van der Waals surface area contributed by atoms with Crippen molar-refractivity contribution in [3.05, 3.63) is 46.8 Å². The summed E-state index contributed by atoms with van der Waals surface area (Å²) >= 11 is 0. The summed E-state index contributed by atoms with van der Waals surface area (Å²) in [6, 6.07) is 5.85. The van der Waals surface area contributed by atoms with Crippen LogP contribution in [0.2, 0.25) is 0 Å². The van der Waals surface area contributed by atoms with E-state index in [0.717, 1.165) is 16.5 Å². The Morgan fingerprint density at radius 3 is 2.96 bits per heavy atom. The molecule has 0 saturated carbocycles. The zero-order valence-electron chi connectivity index (χ0n) is 13.2. The molecule has 7 heteroatoms. The van der Waals surface area contributed by atoms with Crippen molar-refractivity contribution in [2.75, 3.05) is 7.11 Å². The number of fused-ring (bicyclic) bond motifs is 1. The quantitative estimate of drug-likeness (QED) is 0.778. The molecule has 0 bridgehead atoms. The number of benzene rings is 1. The minimum absolute atomic E-state index is 0.130. The molecular weight excluding hydrogens is 298 g/mol.